The van der Waals surface area contributed by atoms with Crippen LogP contribution < -0.4 is 4.74 Å². The van der Waals surface area contributed by atoms with Gasteiger partial charge in [-0.3, -0.25) is 4.79 Å². The van der Waals surface area contributed by atoms with Crippen LogP contribution in [0.5, 0.6) is 5.75 Å². The van der Waals surface area contributed by atoms with Crippen LogP contribution in [0.15, 0.2) is 36.4 Å². The average molecular weight is 422 g/mol. The summed E-state index contributed by atoms with van der Waals surface area (Å²) in [6, 6.07) is 11.4. The molecule has 0 aliphatic carbocycles. The van der Waals surface area contributed by atoms with Gasteiger partial charge in [-0.1, -0.05) is 20.8 Å². The summed E-state index contributed by atoms with van der Waals surface area (Å²) in [5, 5.41) is 13.6. The van der Waals surface area contributed by atoms with Crippen molar-refractivity contribution in [3.05, 3.63) is 53.5 Å². The van der Waals surface area contributed by atoms with E-state index < -0.39 is 0 Å². The molecule has 0 radical (unpaired) electrons. The predicted octanol–water partition coefficient (Wildman–Crippen LogP) is 4.23. The van der Waals surface area contributed by atoms with Gasteiger partial charge in [0, 0.05) is 30.0 Å². The maximum absolute atomic E-state index is 12.9. The minimum Gasteiger partial charge on any atom is -0.491 e. The van der Waals surface area contributed by atoms with Crippen LogP contribution in [0.3, 0.4) is 0 Å². The number of amides is 1. The number of benzene rings is 1. The van der Waals surface area contributed by atoms with E-state index >= 15 is 0 Å². The van der Waals surface area contributed by atoms with Crippen molar-refractivity contribution in [3.63, 3.8) is 0 Å². The van der Waals surface area contributed by atoms with Crippen LogP contribution in [0, 0.1) is 0 Å². The molecule has 4 rings (SSSR count). The van der Waals surface area contributed by atoms with Gasteiger partial charge in [0.25, 0.3) is 5.91 Å². The largest absolute Gasteiger partial charge is 0.491 e. The van der Waals surface area contributed by atoms with E-state index in [4.69, 9.17) is 9.84 Å². The standard InChI is InChI=1S/C24H31N5O2/c1-16(2)31-19-8-6-18(7-9-19)23(30)28-14-12-17(13-15-28)22-26-25-21-11-10-20(24(3,4)5)27-29(21)22/h6-11,16-17H,12-15H2,1-5H3. The molecule has 1 amide bonds. The van der Waals surface area contributed by atoms with Crippen molar-refractivity contribution >= 4 is 11.6 Å². The molecular formula is C24H31N5O2. The van der Waals surface area contributed by atoms with E-state index in [-0.39, 0.29) is 23.3 Å². The summed E-state index contributed by atoms with van der Waals surface area (Å²) < 4.78 is 7.55. The monoisotopic (exact) mass is 421 g/mol. The van der Waals surface area contributed by atoms with Crippen molar-refractivity contribution in [3.8, 4) is 5.75 Å². The van der Waals surface area contributed by atoms with E-state index in [1.165, 1.54) is 0 Å². The fraction of sp³-hybridized carbons (Fsp3) is 0.500. The fourth-order valence-corrected chi connectivity index (χ4v) is 3.93. The van der Waals surface area contributed by atoms with Gasteiger partial charge in [0.2, 0.25) is 0 Å². The molecule has 1 fully saturated rings. The molecule has 0 atom stereocenters. The number of likely N-dealkylation sites (tertiary alicyclic amines) is 1. The molecule has 31 heavy (non-hydrogen) atoms. The van der Waals surface area contributed by atoms with E-state index in [0.29, 0.717) is 18.7 Å². The number of ether oxygens (including phenoxy) is 1. The highest BCUT2D eigenvalue weighted by atomic mass is 16.5. The van der Waals surface area contributed by atoms with Crippen LogP contribution in [-0.2, 0) is 5.41 Å². The highest BCUT2D eigenvalue weighted by Crippen LogP contribution is 2.29. The first kappa shape index (κ1) is 21.3. The lowest BCUT2D eigenvalue weighted by atomic mass is 9.92. The second-order valence-corrected chi connectivity index (χ2v) is 9.55. The third-order valence-corrected chi connectivity index (χ3v) is 5.68. The Morgan fingerprint density at radius 1 is 1.03 bits per heavy atom. The van der Waals surface area contributed by atoms with Crippen molar-refractivity contribution in [2.45, 2.75) is 64.9 Å². The van der Waals surface area contributed by atoms with Gasteiger partial charge in [-0.15, -0.1) is 10.2 Å². The normalized spacial score (nSPS) is 15.6. The second kappa shape index (κ2) is 8.29. The van der Waals surface area contributed by atoms with Crippen LogP contribution in [-0.4, -0.2) is 49.8 Å². The Hall–Kier alpha value is -2.96. The summed E-state index contributed by atoms with van der Waals surface area (Å²) >= 11 is 0. The molecular weight excluding hydrogens is 390 g/mol. The van der Waals surface area contributed by atoms with E-state index in [9.17, 15) is 4.79 Å². The van der Waals surface area contributed by atoms with Gasteiger partial charge >= 0.3 is 0 Å². The highest BCUT2D eigenvalue weighted by molar-refractivity contribution is 5.94. The van der Waals surface area contributed by atoms with E-state index in [1.54, 1.807) is 0 Å². The summed E-state index contributed by atoms with van der Waals surface area (Å²) in [6.07, 6.45) is 1.81. The fourth-order valence-electron chi connectivity index (χ4n) is 3.93. The number of piperidine rings is 1. The van der Waals surface area contributed by atoms with E-state index in [1.807, 2.05) is 59.7 Å². The molecule has 0 spiro atoms. The van der Waals surface area contributed by atoms with E-state index in [2.05, 4.69) is 31.0 Å². The Morgan fingerprint density at radius 2 is 1.71 bits per heavy atom. The quantitative estimate of drug-likeness (QED) is 0.630. The molecule has 3 heterocycles. The maximum atomic E-state index is 12.9. The topological polar surface area (TPSA) is 72.6 Å². The highest BCUT2D eigenvalue weighted by Gasteiger charge is 2.28. The zero-order valence-electron chi connectivity index (χ0n) is 19.0. The number of hydrogen-bond acceptors (Lipinski definition) is 5. The Kier molecular flexibility index (Phi) is 5.69. The Labute approximate surface area is 183 Å². The van der Waals surface area contributed by atoms with Gasteiger partial charge < -0.3 is 9.64 Å². The molecule has 0 bridgehead atoms. The van der Waals surface area contributed by atoms with Crippen molar-refractivity contribution in [1.29, 1.82) is 0 Å². The molecule has 0 unspecified atom stereocenters. The summed E-state index contributed by atoms with van der Waals surface area (Å²) in [7, 11) is 0. The smallest absolute Gasteiger partial charge is 0.253 e. The van der Waals surface area contributed by atoms with Gasteiger partial charge in [-0.05, 0) is 63.1 Å². The summed E-state index contributed by atoms with van der Waals surface area (Å²) in [5.41, 5.74) is 2.43. The first-order chi connectivity index (χ1) is 14.7. The molecule has 164 valence electrons. The Bertz CT molecular complexity index is 1060. The summed E-state index contributed by atoms with van der Waals surface area (Å²) in [5.74, 6) is 1.98. The lowest BCUT2D eigenvalue weighted by molar-refractivity contribution is 0.0710. The van der Waals surface area contributed by atoms with Crippen LogP contribution in [0.1, 0.15) is 75.3 Å². The van der Waals surface area contributed by atoms with Gasteiger partial charge in [0.05, 0.1) is 11.8 Å². The zero-order valence-corrected chi connectivity index (χ0v) is 19.0. The number of rotatable bonds is 4. The van der Waals surface area contributed by atoms with Crippen LogP contribution in [0.2, 0.25) is 0 Å². The molecule has 0 saturated carbocycles. The lowest BCUT2D eigenvalue weighted by Crippen LogP contribution is -2.38. The number of carbonyl (C=O) groups excluding carboxylic acids is 1. The van der Waals surface area contributed by atoms with Crippen LogP contribution in [0.4, 0.5) is 0 Å². The molecule has 1 aromatic carbocycles. The number of fused-ring (bicyclic) bond motifs is 1. The molecule has 1 saturated heterocycles. The molecule has 1 aliphatic heterocycles. The number of carbonyl (C=O) groups is 1. The Balaban J connectivity index is 1.44. The van der Waals surface area contributed by atoms with Gasteiger partial charge in [-0.2, -0.15) is 9.61 Å². The third-order valence-electron chi connectivity index (χ3n) is 5.68. The predicted molar refractivity (Wildman–Crippen MR) is 120 cm³/mol. The van der Waals surface area contributed by atoms with Crippen molar-refractivity contribution in [1.82, 2.24) is 24.7 Å². The lowest BCUT2D eigenvalue weighted by Gasteiger charge is -2.31. The van der Waals surface area contributed by atoms with E-state index in [0.717, 1.165) is 35.8 Å². The first-order valence-corrected chi connectivity index (χ1v) is 11.0. The van der Waals surface area contributed by atoms with Crippen molar-refractivity contribution in [2.24, 2.45) is 0 Å². The molecule has 1 aliphatic rings. The minimum atomic E-state index is -0.0404. The van der Waals surface area contributed by atoms with Crippen LogP contribution >= 0.6 is 0 Å². The van der Waals surface area contributed by atoms with Crippen molar-refractivity contribution in [2.75, 3.05) is 13.1 Å². The first-order valence-electron chi connectivity index (χ1n) is 11.0. The molecule has 0 N–H and O–H groups in total. The maximum Gasteiger partial charge on any atom is 0.253 e. The minimum absolute atomic E-state index is 0.0404. The zero-order chi connectivity index (χ0) is 22.2. The second-order valence-electron chi connectivity index (χ2n) is 9.55. The van der Waals surface area contributed by atoms with Crippen molar-refractivity contribution < 1.29 is 9.53 Å². The Morgan fingerprint density at radius 3 is 2.32 bits per heavy atom. The van der Waals surface area contributed by atoms with Gasteiger partial charge in [0.1, 0.15) is 5.75 Å². The van der Waals surface area contributed by atoms with Gasteiger partial charge in [-0.25, -0.2) is 0 Å². The SMILES string of the molecule is CC(C)Oc1ccc(C(=O)N2CCC(c3nnc4ccc(C(C)(C)C)nn34)CC2)cc1. The molecule has 7 nitrogen and oxygen atoms in total. The number of nitrogens with zero attached hydrogens (tertiary/aromatic N) is 5. The van der Waals surface area contributed by atoms with Gasteiger partial charge in [0.15, 0.2) is 11.5 Å². The summed E-state index contributed by atoms with van der Waals surface area (Å²) in [6.45, 7) is 11.8. The number of hydrogen-bond donors (Lipinski definition) is 0. The van der Waals surface area contributed by atoms with Crippen LogP contribution in [0.25, 0.3) is 5.65 Å². The molecule has 3 aromatic rings. The number of aromatic nitrogens is 4. The third kappa shape index (κ3) is 4.55. The average Bonchev–Trinajstić information content (AvgIpc) is 3.16. The molecule has 2 aromatic heterocycles. The summed E-state index contributed by atoms with van der Waals surface area (Å²) in [4.78, 5) is 14.9. The molecule has 7 heteroatoms.